The van der Waals surface area contributed by atoms with Gasteiger partial charge in [-0.15, -0.1) is 0 Å². The van der Waals surface area contributed by atoms with Crippen molar-refractivity contribution < 1.29 is 9.53 Å². The Bertz CT molecular complexity index is 314. The van der Waals surface area contributed by atoms with Crippen molar-refractivity contribution >= 4 is 17.6 Å². The van der Waals surface area contributed by atoms with E-state index in [1.165, 1.54) is 12.5 Å². The molecule has 0 radical (unpaired) electrons. The van der Waals surface area contributed by atoms with E-state index in [1.54, 1.807) is 0 Å². The molecule has 1 heterocycles. The van der Waals surface area contributed by atoms with Crippen LogP contribution < -0.4 is 4.74 Å². The summed E-state index contributed by atoms with van der Waals surface area (Å²) in [6.45, 7) is 3.23. The molecule has 1 aromatic heterocycles. The number of carbonyl (C=O) groups is 1. The number of halogens is 1. The second-order valence-corrected chi connectivity index (χ2v) is 2.16. The summed E-state index contributed by atoms with van der Waals surface area (Å²) < 4.78 is 4.68. The van der Waals surface area contributed by atoms with Gasteiger partial charge in [-0.25, -0.2) is 14.8 Å². The van der Waals surface area contributed by atoms with Crippen molar-refractivity contribution in [2.75, 3.05) is 0 Å². The maximum atomic E-state index is 10.7. The Morgan fingerprint density at radius 2 is 2.50 bits per heavy atom. The van der Waals surface area contributed by atoms with E-state index >= 15 is 0 Å². The lowest BCUT2D eigenvalue weighted by atomic mass is 10.6. The van der Waals surface area contributed by atoms with Crippen LogP contribution >= 0.6 is 11.6 Å². The fraction of sp³-hybridized carbons (Fsp3) is 0. The molecule has 1 aromatic rings. The van der Waals surface area contributed by atoms with E-state index in [4.69, 9.17) is 11.6 Å². The summed E-state index contributed by atoms with van der Waals surface area (Å²) in [6, 6.07) is 0. The average molecular weight is 185 g/mol. The van der Waals surface area contributed by atoms with Crippen LogP contribution in [0, 0.1) is 0 Å². The van der Waals surface area contributed by atoms with Gasteiger partial charge in [-0.3, -0.25) is 0 Å². The number of rotatable bonds is 2. The zero-order valence-corrected chi connectivity index (χ0v) is 6.78. The summed E-state index contributed by atoms with van der Waals surface area (Å²) in [4.78, 5) is 17.9. The minimum Gasteiger partial charge on any atom is -0.418 e. The first kappa shape index (κ1) is 8.67. The van der Waals surface area contributed by atoms with Crippen LogP contribution in [0.4, 0.5) is 0 Å². The van der Waals surface area contributed by atoms with Crippen LogP contribution in [0.15, 0.2) is 25.2 Å². The molecule has 0 N–H and O–H groups in total. The van der Waals surface area contributed by atoms with E-state index in [9.17, 15) is 4.79 Å². The number of hydrogen-bond acceptors (Lipinski definition) is 4. The van der Waals surface area contributed by atoms with Gasteiger partial charge in [-0.1, -0.05) is 18.2 Å². The molecule has 0 bridgehead atoms. The topological polar surface area (TPSA) is 52.1 Å². The molecule has 0 fully saturated rings. The highest BCUT2D eigenvalue weighted by atomic mass is 35.5. The molecule has 0 atom stereocenters. The Morgan fingerprint density at radius 1 is 1.75 bits per heavy atom. The molecule has 0 spiro atoms. The van der Waals surface area contributed by atoms with Crippen LogP contribution in [0.2, 0.25) is 5.15 Å². The van der Waals surface area contributed by atoms with Gasteiger partial charge in [0.25, 0.3) is 0 Å². The normalized spacial score (nSPS) is 9.08. The number of ether oxygens (including phenoxy) is 1. The van der Waals surface area contributed by atoms with E-state index in [2.05, 4.69) is 21.3 Å². The summed E-state index contributed by atoms with van der Waals surface area (Å²) in [5.74, 6) is -0.462. The molecule has 0 aliphatic heterocycles. The molecule has 0 aliphatic rings. The van der Waals surface area contributed by atoms with Crippen molar-refractivity contribution in [3.05, 3.63) is 30.3 Å². The fourth-order valence-corrected chi connectivity index (χ4v) is 0.651. The zero-order valence-electron chi connectivity index (χ0n) is 6.03. The van der Waals surface area contributed by atoms with Gasteiger partial charge in [-0.2, -0.15) is 0 Å². The third-order valence-electron chi connectivity index (χ3n) is 1.01. The lowest BCUT2D eigenvalue weighted by molar-refractivity contribution is -0.129. The third kappa shape index (κ3) is 2.03. The minimum atomic E-state index is -0.591. The van der Waals surface area contributed by atoms with Gasteiger partial charge in [0.05, 0.1) is 6.20 Å². The largest absolute Gasteiger partial charge is 0.418 e. The Balaban J connectivity index is 2.82. The Morgan fingerprint density at radius 3 is 3.08 bits per heavy atom. The molecule has 0 aromatic carbocycles. The monoisotopic (exact) mass is 184 g/mol. The molecular weight excluding hydrogens is 180 g/mol. The highest BCUT2D eigenvalue weighted by molar-refractivity contribution is 6.30. The van der Waals surface area contributed by atoms with Crippen molar-refractivity contribution in [1.82, 2.24) is 9.97 Å². The van der Waals surface area contributed by atoms with Crippen molar-refractivity contribution in [3.63, 3.8) is 0 Å². The molecule has 12 heavy (non-hydrogen) atoms. The molecule has 0 unspecified atom stereocenters. The smallest absolute Gasteiger partial charge is 0.335 e. The quantitative estimate of drug-likeness (QED) is 0.394. The van der Waals surface area contributed by atoms with Crippen molar-refractivity contribution in [3.8, 4) is 5.75 Å². The summed E-state index contributed by atoms with van der Waals surface area (Å²) in [5, 5.41) is 0.0974. The van der Waals surface area contributed by atoms with Crippen molar-refractivity contribution in [2.24, 2.45) is 0 Å². The standard InChI is InChI=1S/C7H5ClN2O2/c1-2-6(11)12-5-3-9-4-10-7(5)8/h2-4H,1H2. The number of esters is 1. The first-order valence-electron chi connectivity index (χ1n) is 3.04. The number of hydrogen-bond donors (Lipinski definition) is 0. The van der Waals surface area contributed by atoms with Crippen LogP contribution in [-0.4, -0.2) is 15.9 Å². The van der Waals surface area contributed by atoms with Crippen LogP contribution in [0.3, 0.4) is 0 Å². The van der Waals surface area contributed by atoms with E-state index in [0.29, 0.717) is 0 Å². The van der Waals surface area contributed by atoms with Gasteiger partial charge in [0.15, 0.2) is 10.9 Å². The third-order valence-corrected chi connectivity index (χ3v) is 1.29. The van der Waals surface area contributed by atoms with Crippen LogP contribution in [0.5, 0.6) is 5.75 Å². The van der Waals surface area contributed by atoms with E-state index in [0.717, 1.165) is 6.08 Å². The summed E-state index contributed by atoms with van der Waals surface area (Å²) >= 11 is 5.56. The minimum absolute atomic E-state index is 0.0974. The Kier molecular flexibility index (Phi) is 2.76. The Labute approximate surface area is 73.9 Å². The van der Waals surface area contributed by atoms with Gasteiger partial charge in [0.1, 0.15) is 6.33 Å². The van der Waals surface area contributed by atoms with Crippen LogP contribution in [-0.2, 0) is 4.79 Å². The Hall–Kier alpha value is -1.42. The lowest BCUT2D eigenvalue weighted by Gasteiger charge is -1.99. The van der Waals surface area contributed by atoms with Gasteiger partial charge < -0.3 is 4.74 Å². The van der Waals surface area contributed by atoms with E-state index in [1.807, 2.05) is 0 Å². The number of nitrogens with zero attached hydrogens (tertiary/aromatic N) is 2. The second-order valence-electron chi connectivity index (χ2n) is 1.80. The molecular formula is C7H5ClN2O2. The van der Waals surface area contributed by atoms with Gasteiger partial charge in [-0.05, 0) is 0 Å². The zero-order chi connectivity index (χ0) is 8.97. The van der Waals surface area contributed by atoms with E-state index < -0.39 is 5.97 Å². The summed E-state index contributed by atoms with van der Waals surface area (Å²) in [7, 11) is 0. The predicted octanol–water partition coefficient (Wildman–Crippen LogP) is 1.22. The van der Waals surface area contributed by atoms with Crippen molar-refractivity contribution in [1.29, 1.82) is 0 Å². The second kappa shape index (κ2) is 3.82. The summed E-state index contributed by atoms with van der Waals surface area (Å²) in [5.41, 5.74) is 0. The summed E-state index contributed by atoms with van der Waals surface area (Å²) in [6.07, 6.45) is 3.59. The van der Waals surface area contributed by atoms with E-state index in [-0.39, 0.29) is 10.9 Å². The van der Waals surface area contributed by atoms with Gasteiger partial charge >= 0.3 is 5.97 Å². The fourth-order valence-electron chi connectivity index (χ4n) is 0.520. The van der Waals surface area contributed by atoms with Gasteiger partial charge in [0.2, 0.25) is 0 Å². The van der Waals surface area contributed by atoms with Crippen LogP contribution in [0.1, 0.15) is 0 Å². The molecule has 0 saturated carbocycles. The van der Waals surface area contributed by atoms with Crippen LogP contribution in [0.25, 0.3) is 0 Å². The molecule has 0 amide bonds. The first-order valence-corrected chi connectivity index (χ1v) is 3.41. The number of carbonyl (C=O) groups excluding carboxylic acids is 1. The predicted molar refractivity (Wildman–Crippen MR) is 42.9 cm³/mol. The maximum Gasteiger partial charge on any atom is 0.335 e. The average Bonchev–Trinajstić information content (AvgIpc) is 2.09. The molecule has 62 valence electrons. The SMILES string of the molecule is C=CC(=O)Oc1cncnc1Cl. The number of aromatic nitrogens is 2. The molecule has 1 rings (SSSR count). The first-order chi connectivity index (χ1) is 5.74. The van der Waals surface area contributed by atoms with Gasteiger partial charge in [0, 0.05) is 6.08 Å². The van der Waals surface area contributed by atoms with Crippen molar-refractivity contribution in [2.45, 2.75) is 0 Å². The maximum absolute atomic E-state index is 10.7. The highest BCUT2D eigenvalue weighted by Crippen LogP contribution is 2.18. The highest BCUT2D eigenvalue weighted by Gasteiger charge is 2.04. The molecule has 5 heteroatoms. The molecule has 4 nitrogen and oxygen atoms in total. The molecule has 0 aliphatic carbocycles. The lowest BCUT2D eigenvalue weighted by Crippen LogP contribution is -2.04. The molecule has 0 saturated heterocycles.